The lowest BCUT2D eigenvalue weighted by Gasteiger charge is -2.19. The van der Waals surface area contributed by atoms with Gasteiger partial charge in [-0.3, -0.25) is 4.79 Å². The van der Waals surface area contributed by atoms with Crippen molar-refractivity contribution in [3.63, 3.8) is 0 Å². The first-order valence-electron chi connectivity index (χ1n) is 7.69. The van der Waals surface area contributed by atoms with Crippen LogP contribution in [0, 0.1) is 5.92 Å². The third-order valence-electron chi connectivity index (χ3n) is 4.24. The number of thiophene rings is 1. The second kappa shape index (κ2) is 7.46. The maximum Gasteiger partial charge on any atom is 0.261 e. The molecule has 2 rings (SSSR count). The summed E-state index contributed by atoms with van der Waals surface area (Å²) in [7, 11) is 0. The molecule has 1 unspecified atom stereocenters. The van der Waals surface area contributed by atoms with Crippen LogP contribution in [0.4, 0.5) is 0 Å². The van der Waals surface area contributed by atoms with Crippen molar-refractivity contribution in [2.75, 3.05) is 6.54 Å². The Labute approximate surface area is 130 Å². The van der Waals surface area contributed by atoms with Crippen LogP contribution in [-0.4, -0.2) is 17.8 Å². The molecule has 0 fully saturated rings. The smallest absolute Gasteiger partial charge is 0.261 e. The fourth-order valence-electron chi connectivity index (χ4n) is 2.85. The monoisotopic (exact) mass is 313 g/mol. The van der Waals surface area contributed by atoms with Gasteiger partial charge in [-0.25, -0.2) is 0 Å². The van der Waals surface area contributed by atoms with Crippen LogP contribution in [0.1, 0.15) is 59.6 Å². The van der Waals surface area contributed by atoms with E-state index in [2.05, 4.69) is 25.2 Å². The van der Waals surface area contributed by atoms with Crippen LogP contribution in [0.2, 0.25) is 0 Å². The molecule has 1 aromatic rings. The summed E-state index contributed by atoms with van der Waals surface area (Å²) in [6, 6.07) is 2.08. The fourth-order valence-corrected chi connectivity index (χ4v) is 4.45. The molecule has 4 heteroatoms. The van der Waals surface area contributed by atoms with Crippen molar-refractivity contribution in [2.24, 2.45) is 5.92 Å². The van der Waals surface area contributed by atoms with Crippen LogP contribution >= 0.6 is 22.9 Å². The van der Waals surface area contributed by atoms with E-state index in [1.54, 1.807) is 11.3 Å². The predicted molar refractivity (Wildman–Crippen MR) is 87.0 cm³/mol. The van der Waals surface area contributed by atoms with Gasteiger partial charge in [0, 0.05) is 11.4 Å². The molecule has 0 aliphatic heterocycles. The predicted octanol–water partition coefficient (Wildman–Crippen LogP) is 4.40. The van der Waals surface area contributed by atoms with Crippen molar-refractivity contribution < 1.29 is 4.79 Å². The van der Waals surface area contributed by atoms with Crippen LogP contribution in [0.5, 0.6) is 0 Å². The molecule has 2 nitrogen and oxygen atoms in total. The van der Waals surface area contributed by atoms with E-state index in [0.29, 0.717) is 12.5 Å². The van der Waals surface area contributed by atoms with Gasteiger partial charge in [-0.1, -0.05) is 26.7 Å². The first-order valence-corrected chi connectivity index (χ1v) is 8.94. The zero-order valence-electron chi connectivity index (χ0n) is 12.4. The number of hydrogen-bond acceptors (Lipinski definition) is 2. The molecule has 0 bridgehead atoms. The normalized spacial score (nSPS) is 16.0. The largest absolute Gasteiger partial charge is 0.350 e. The van der Waals surface area contributed by atoms with Crippen LogP contribution < -0.4 is 5.32 Å². The van der Waals surface area contributed by atoms with Crippen molar-refractivity contribution >= 4 is 28.8 Å². The fraction of sp³-hybridized carbons (Fsp3) is 0.688. The Morgan fingerprint density at radius 3 is 2.70 bits per heavy atom. The minimum Gasteiger partial charge on any atom is -0.350 e. The molecule has 20 heavy (non-hydrogen) atoms. The summed E-state index contributed by atoms with van der Waals surface area (Å²) in [6.07, 6.45) is 6.90. The van der Waals surface area contributed by atoms with Gasteiger partial charge in [-0.15, -0.1) is 22.9 Å². The first-order chi connectivity index (χ1) is 9.65. The van der Waals surface area contributed by atoms with Crippen molar-refractivity contribution in [3.05, 3.63) is 21.4 Å². The maximum atomic E-state index is 12.2. The van der Waals surface area contributed by atoms with Gasteiger partial charge >= 0.3 is 0 Å². The Morgan fingerprint density at radius 1 is 1.35 bits per heavy atom. The average Bonchev–Trinajstić information content (AvgIpc) is 2.90. The number of carbonyl (C=O) groups excluding carboxylic acids is 1. The number of amides is 1. The highest BCUT2D eigenvalue weighted by molar-refractivity contribution is 7.14. The number of fused-ring (bicyclic) bond motifs is 1. The molecule has 1 amide bonds. The second-order valence-corrected chi connectivity index (χ2v) is 7.27. The zero-order chi connectivity index (χ0) is 14.5. The first kappa shape index (κ1) is 15.8. The van der Waals surface area contributed by atoms with E-state index in [1.165, 1.54) is 23.3 Å². The number of hydrogen-bond donors (Lipinski definition) is 1. The maximum absolute atomic E-state index is 12.2. The second-order valence-electron chi connectivity index (χ2n) is 5.57. The highest BCUT2D eigenvalue weighted by Crippen LogP contribution is 2.29. The van der Waals surface area contributed by atoms with Crippen LogP contribution in [-0.2, 0) is 12.8 Å². The molecule has 0 saturated heterocycles. The minimum atomic E-state index is 0.0311. The summed E-state index contributed by atoms with van der Waals surface area (Å²) in [5.41, 5.74) is 1.38. The summed E-state index contributed by atoms with van der Waals surface area (Å²) in [6.45, 7) is 4.87. The standard InChI is InChI=1S/C16H24ClNOS/c1-3-11(4-2)13(17)10-18-16(19)15-9-12-7-5-6-8-14(12)20-15/h9,11,13H,3-8,10H2,1-2H3,(H,18,19). The van der Waals surface area contributed by atoms with E-state index in [0.717, 1.165) is 30.6 Å². The van der Waals surface area contributed by atoms with Gasteiger partial charge in [-0.2, -0.15) is 0 Å². The zero-order valence-corrected chi connectivity index (χ0v) is 13.9. The van der Waals surface area contributed by atoms with E-state index >= 15 is 0 Å². The van der Waals surface area contributed by atoms with Crippen molar-refractivity contribution in [1.29, 1.82) is 0 Å². The number of carbonyl (C=O) groups is 1. The summed E-state index contributed by atoms with van der Waals surface area (Å²) in [4.78, 5) is 14.5. The van der Waals surface area contributed by atoms with E-state index < -0.39 is 0 Å². The Bertz CT molecular complexity index is 430. The van der Waals surface area contributed by atoms with Gasteiger partial charge in [0.2, 0.25) is 0 Å². The molecular formula is C16H24ClNOS. The molecule has 1 heterocycles. The van der Waals surface area contributed by atoms with Gasteiger partial charge < -0.3 is 5.32 Å². The molecule has 0 saturated carbocycles. The lowest BCUT2D eigenvalue weighted by Crippen LogP contribution is -2.32. The lowest BCUT2D eigenvalue weighted by atomic mass is 9.99. The Morgan fingerprint density at radius 2 is 2.05 bits per heavy atom. The summed E-state index contributed by atoms with van der Waals surface area (Å²) in [5, 5.41) is 3.03. The molecule has 1 aliphatic rings. The number of alkyl halides is 1. The van der Waals surface area contributed by atoms with E-state index in [4.69, 9.17) is 11.6 Å². The van der Waals surface area contributed by atoms with Crippen molar-refractivity contribution in [3.8, 4) is 0 Å². The highest BCUT2D eigenvalue weighted by Gasteiger charge is 2.20. The number of halogens is 1. The van der Waals surface area contributed by atoms with Crippen LogP contribution in [0.3, 0.4) is 0 Å². The van der Waals surface area contributed by atoms with E-state index in [1.807, 2.05) is 0 Å². The molecular weight excluding hydrogens is 290 g/mol. The summed E-state index contributed by atoms with van der Waals surface area (Å²) >= 11 is 8.03. The molecule has 1 atom stereocenters. The number of nitrogens with one attached hydrogen (secondary N) is 1. The van der Waals surface area contributed by atoms with Crippen LogP contribution in [0.25, 0.3) is 0 Å². The number of aryl methyl sites for hydroxylation is 2. The Hall–Kier alpha value is -0.540. The van der Waals surface area contributed by atoms with E-state index in [9.17, 15) is 4.79 Å². The molecule has 1 aromatic heterocycles. The SMILES string of the molecule is CCC(CC)C(Cl)CNC(=O)c1cc2c(s1)CCCC2. The topological polar surface area (TPSA) is 29.1 Å². The summed E-state index contributed by atoms with van der Waals surface area (Å²) in [5.74, 6) is 0.523. The van der Waals surface area contributed by atoms with Crippen molar-refractivity contribution in [1.82, 2.24) is 5.32 Å². The van der Waals surface area contributed by atoms with Crippen molar-refractivity contribution in [2.45, 2.75) is 57.7 Å². The minimum absolute atomic E-state index is 0.0311. The molecule has 1 N–H and O–H groups in total. The highest BCUT2D eigenvalue weighted by atomic mass is 35.5. The molecule has 0 spiro atoms. The Kier molecular flexibility index (Phi) is 5.91. The third-order valence-corrected chi connectivity index (χ3v) is 5.98. The molecule has 112 valence electrons. The van der Waals surface area contributed by atoms with Gasteiger partial charge in [0.1, 0.15) is 0 Å². The lowest BCUT2D eigenvalue weighted by molar-refractivity contribution is 0.0955. The van der Waals surface area contributed by atoms with E-state index in [-0.39, 0.29) is 11.3 Å². The summed E-state index contributed by atoms with van der Waals surface area (Å²) < 4.78 is 0. The van der Waals surface area contributed by atoms with Gasteiger partial charge in [0.05, 0.1) is 10.3 Å². The van der Waals surface area contributed by atoms with Gasteiger partial charge in [0.15, 0.2) is 0 Å². The third kappa shape index (κ3) is 3.76. The quantitative estimate of drug-likeness (QED) is 0.775. The van der Waals surface area contributed by atoms with Gasteiger partial charge in [-0.05, 0) is 43.2 Å². The number of rotatable bonds is 6. The average molecular weight is 314 g/mol. The Balaban J connectivity index is 1.90. The van der Waals surface area contributed by atoms with Gasteiger partial charge in [0.25, 0.3) is 5.91 Å². The molecule has 1 aliphatic carbocycles. The molecule has 0 radical (unpaired) electrons. The van der Waals surface area contributed by atoms with Crippen LogP contribution in [0.15, 0.2) is 6.07 Å². The molecule has 0 aromatic carbocycles.